The first-order valence-electron chi connectivity index (χ1n) is 11.6. The second-order valence-corrected chi connectivity index (χ2v) is 15.6. The Hall–Kier alpha value is 0.328. The van der Waals surface area contributed by atoms with E-state index in [1.807, 2.05) is 30.3 Å². The van der Waals surface area contributed by atoms with Crippen LogP contribution in [0, 0.1) is 0 Å². The maximum absolute atomic E-state index is 5.53. The van der Waals surface area contributed by atoms with Crippen molar-refractivity contribution < 1.29 is 0 Å². The molecule has 0 aliphatic rings. The molecule has 27 heavy (non-hydrogen) atoms. The van der Waals surface area contributed by atoms with Crippen molar-refractivity contribution in [3.8, 4) is 0 Å². The number of benzene rings is 1. The van der Waals surface area contributed by atoms with Crippen LogP contribution in [-0.2, 0) is 5.88 Å². The van der Waals surface area contributed by atoms with Crippen LogP contribution in [0.1, 0.15) is 103 Å². The summed E-state index contributed by atoms with van der Waals surface area (Å²) in [5, 5.41) is 0. The number of unbranched alkanes of at least 4 members (excludes halogenated alkanes) is 9. The molecular weight excluding hydrogens is 457 g/mol. The van der Waals surface area contributed by atoms with Gasteiger partial charge in [-0.15, -0.1) is 11.6 Å². The normalized spacial score (nSPS) is 10.7. The van der Waals surface area contributed by atoms with Gasteiger partial charge in [-0.3, -0.25) is 0 Å². The van der Waals surface area contributed by atoms with Crippen LogP contribution in [0.4, 0.5) is 0 Å². The summed E-state index contributed by atoms with van der Waals surface area (Å²) in [7, 11) is 0. The predicted molar refractivity (Wildman–Crippen MR) is 129 cm³/mol. The zero-order valence-corrected chi connectivity index (χ0v) is 21.8. The smallest absolute Gasteiger partial charge is 0.0474 e. The fourth-order valence-electron chi connectivity index (χ4n) is 3.14. The zero-order chi connectivity index (χ0) is 20.0. The van der Waals surface area contributed by atoms with E-state index >= 15 is 0 Å². The fraction of sp³-hybridized carbons (Fsp3) is 0.760. The molecule has 0 bridgehead atoms. The molecule has 0 saturated carbocycles. The number of halogens is 1. The van der Waals surface area contributed by atoms with E-state index in [9.17, 15) is 0 Å². The molecule has 0 amide bonds. The van der Waals surface area contributed by atoms with Crippen LogP contribution in [0.2, 0.25) is 13.1 Å². The molecule has 2 heteroatoms. The molecule has 0 aliphatic heterocycles. The number of hydrogen-bond acceptors (Lipinski definition) is 0. The first-order chi connectivity index (χ1) is 13.3. The van der Waals surface area contributed by atoms with Gasteiger partial charge < -0.3 is 0 Å². The van der Waals surface area contributed by atoms with Gasteiger partial charge in [0.1, 0.15) is 0 Å². The average Bonchev–Trinajstić information content (AvgIpc) is 2.72. The van der Waals surface area contributed by atoms with Crippen molar-refractivity contribution in [3.63, 3.8) is 0 Å². The summed E-state index contributed by atoms with van der Waals surface area (Å²) in [6, 6.07) is 9.96. The SMILES string of the molecule is CCCCCCCCC[CH2][Sb]([CH2]CCC)[CH2]CCC.ClCc1ccccc1. The van der Waals surface area contributed by atoms with Gasteiger partial charge in [-0.1, -0.05) is 30.3 Å². The minimum atomic E-state index is -0.781. The summed E-state index contributed by atoms with van der Waals surface area (Å²) in [5.41, 5.74) is 1.18. The van der Waals surface area contributed by atoms with Crippen molar-refractivity contribution in [3.05, 3.63) is 35.9 Å². The van der Waals surface area contributed by atoms with Crippen LogP contribution in [0.15, 0.2) is 30.3 Å². The molecule has 0 saturated heterocycles. The van der Waals surface area contributed by atoms with Crippen molar-refractivity contribution in [2.24, 2.45) is 0 Å². The largest absolute Gasteiger partial charge is 0.122 e. The number of alkyl halides is 1. The van der Waals surface area contributed by atoms with E-state index in [-0.39, 0.29) is 0 Å². The molecule has 0 fully saturated rings. The summed E-state index contributed by atoms with van der Waals surface area (Å²) < 4.78 is 5.04. The number of rotatable bonds is 16. The summed E-state index contributed by atoms with van der Waals surface area (Å²) >= 11 is 4.75. The Morgan fingerprint density at radius 1 is 0.593 bits per heavy atom. The topological polar surface area (TPSA) is 0 Å². The maximum Gasteiger partial charge on any atom is 0.0474 e. The minimum Gasteiger partial charge on any atom is -0.122 e. The van der Waals surface area contributed by atoms with E-state index in [1.54, 1.807) is 19.5 Å². The summed E-state index contributed by atoms with van der Waals surface area (Å²) in [6.45, 7) is 7.02. The second-order valence-electron chi connectivity index (χ2n) is 7.64. The third kappa shape index (κ3) is 19.4. The van der Waals surface area contributed by atoms with E-state index < -0.39 is 20.2 Å². The van der Waals surface area contributed by atoms with Crippen molar-refractivity contribution in [2.75, 3.05) is 0 Å². The van der Waals surface area contributed by atoms with Gasteiger partial charge in [0.2, 0.25) is 0 Å². The minimum absolute atomic E-state index is 0.612. The predicted octanol–water partition coefficient (Wildman–Crippen LogP) is 9.65. The van der Waals surface area contributed by atoms with Crippen LogP contribution >= 0.6 is 11.6 Å². The molecule has 1 aromatic carbocycles. The van der Waals surface area contributed by atoms with Gasteiger partial charge in [-0.05, 0) is 5.56 Å². The molecule has 0 spiro atoms. The Kier molecular flexibility index (Phi) is 22.9. The first kappa shape index (κ1) is 27.3. The molecule has 0 unspecified atom stereocenters. The maximum atomic E-state index is 5.53. The monoisotopic (exact) mass is 502 g/mol. The summed E-state index contributed by atoms with van der Waals surface area (Å²) in [5.74, 6) is 0.612. The molecule has 0 heterocycles. The zero-order valence-electron chi connectivity index (χ0n) is 18.5. The van der Waals surface area contributed by atoms with E-state index in [4.69, 9.17) is 11.6 Å². The van der Waals surface area contributed by atoms with Crippen molar-refractivity contribution in [1.82, 2.24) is 0 Å². The molecule has 0 radical (unpaired) electrons. The average molecular weight is 504 g/mol. The second kappa shape index (κ2) is 22.6. The molecule has 0 nitrogen and oxygen atoms in total. The fourth-order valence-corrected chi connectivity index (χ4v) is 11.5. The third-order valence-corrected chi connectivity index (χ3v) is 13.4. The Balaban J connectivity index is 0.000000694. The first-order valence-corrected chi connectivity index (χ1v) is 17.6. The van der Waals surface area contributed by atoms with E-state index in [1.165, 1.54) is 76.2 Å². The van der Waals surface area contributed by atoms with Gasteiger partial charge in [0.05, 0.1) is 0 Å². The van der Waals surface area contributed by atoms with E-state index in [2.05, 4.69) is 20.8 Å². The van der Waals surface area contributed by atoms with Crippen LogP contribution in [0.3, 0.4) is 0 Å². The van der Waals surface area contributed by atoms with Crippen molar-refractivity contribution in [1.29, 1.82) is 0 Å². The van der Waals surface area contributed by atoms with Gasteiger partial charge in [-0.2, -0.15) is 0 Å². The van der Waals surface area contributed by atoms with E-state index in [0.29, 0.717) is 5.88 Å². The van der Waals surface area contributed by atoms with Gasteiger partial charge in [0.25, 0.3) is 0 Å². The van der Waals surface area contributed by atoms with Crippen LogP contribution in [0.25, 0.3) is 0 Å². The number of hydrogen-bond donors (Lipinski definition) is 0. The quantitative estimate of drug-likeness (QED) is 0.120. The molecule has 0 aliphatic carbocycles. The van der Waals surface area contributed by atoms with Crippen LogP contribution < -0.4 is 0 Å². The van der Waals surface area contributed by atoms with Gasteiger partial charge in [-0.25, -0.2) is 0 Å². The van der Waals surface area contributed by atoms with Gasteiger partial charge in [0, 0.05) is 5.88 Å². The molecule has 1 aromatic rings. The Morgan fingerprint density at radius 3 is 1.48 bits per heavy atom. The van der Waals surface area contributed by atoms with Gasteiger partial charge >= 0.3 is 131 Å². The van der Waals surface area contributed by atoms with Crippen molar-refractivity contribution >= 4 is 31.8 Å². The van der Waals surface area contributed by atoms with Crippen LogP contribution in [0.5, 0.6) is 0 Å². The van der Waals surface area contributed by atoms with Crippen molar-refractivity contribution in [2.45, 2.75) is 117 Å². The Labute approximate surface area is 183 Å². The van der Waals surface area contributed by atoms with E-state index in [0.717, 1.165) is 0 Å². The molecule has 0 aromatic heterocycles. The summed E-state index contributed by atoms with van der Waals surface area (Å²) in [4.78, 5) is 0. The molecule has 158 valence electrons. The van der Waals surface area contributed by atoms with Gasteiger partial charge in [0.15, 0.2) is 0 Å². The Bertz CT molecular complexity index is 371. The van der Waals surface area contributed by atoms with Crippen LogP contribution in [-0.4, -0.2) is 20.2 Å². The Morgan fingerprint density at radius 2 is 1.04 bits per heavy atom. The third-order valence-electron chi connectivity index (χ3n) is 4.98. The molecule has 0 atom stereocenters. The summed E-state index contributed by atoms with van der Waals surface area (Å²) in [6.07, 6.45) is 17.8. The standard InChI is InChI=1S/C10H21.C7H7Cl.2C4H9.Sb/c1-3-5-7-9-10-8-6-4-2;8-6-7-4-2-1-3-5-7;2*1-3-4-2;/h1,3-10H2,2H3;1-5H,6H2;2*1,3-4H2,2H3;. The molecule has 0 N–H and O–H groups in total. The molecule has 1 rings (SSSR count). The molecular formula is C25H46ClSb.